The molecular formula is C19H17N3O2. The van der Waals surface area contributed by atoms with Gasteiger partial charge in [0.25, 0.3) is 0 Å². The van der Waals surface area contributed by atoms with Gasteiger partial charge in [-0.25, -0.2) is 4.98 Å². The number of rotatable bonds is 5. The highest BCUT2D eigenvalue weighted by Crippen LogP contribution is 2.40. The average Bonchev–Trinajstić information content (AvgIpc) is 3.48. The SMILES string of the molecule is COc1ccncc1-c1cccnc1Oc1ccc(C2CC2)nc1. The molecule has 0 aromatic carbocycles. The van der Waals surface area contributed by atoms with Crippen LogP contribution in [0.4, 0.5) is 0 Å². The van der Waals surface area contributed by atoms with Gasteiger partial charge in [0.15, 0.2) is 0 Å². The standard InChI is InChI=1S/C19H17N3O2/c1-23-18-8-10-20-12-16(18)15-3-2-9-21-19(15)24-14-6-7-17(22-11-14)13-4-5-13/h2-3,6-13H,4-5H2,1H3. The van der Waals surface area contributed by atoms with Crippen LogP contribution in [0.1, 0.15) is 24.5 Å². The molecular weight excluding hydrogens is 302 g/mol. The second-order valence-corrected chi connectivity index (χ2v) is 5.73. The van der Waals surface area contributed by atoms with Crippen molar-refractivity contribution in [3.63, 3.8) is 0 Å². The predicted octanol–water partition coefficient (Wildman–Crippen LogP) is 4.22. The first kappa shape index (κ1) is 14.6. The molecule has 1 aliphatic carbocycles. The van der Waals surface area contributed by atoms with Gasteiger partial charge in [-0.1, -0.05) is 0 Å². The minimum Gasteiger partial charge on any atom is -0.496 e. The number of hydrogen-bond acceptors (Lipinski definition) is 5. The highest BCUT2D eigenvalue weighted by atomic mass is 16.5. The fraction of sp³-hybridized carbons (Fsp3) is 0.211. The Morgan fingerprint density at radius 1 is 0.958 bits per heavy atom. The van der Waals surface area contributed by atoms with Crippen LogP contribution < -0.4 is 9.47 Å². The Balaban J connectivity index is 1.66. The van der Waals surface area contributed by atoms with E-state index in [4.69, 9.17) is 9.47 Å². The minimum atomic E-state index is 0.504. The largest absolute Gasteiger partial charge is 0.496 e. The summed E-state index contributed by atoms with van der Waals surface area (Å²) in [7, 11) is 1.64. The number of methoxy groups -OCH3 is 1. The predicted molar refractivity (Wildman–Crippen MR) is 90.3 cm³/mol. The van der Waals surface area contributed by atoms with E-state index in [0.717, 1.165) is 22.6 Å². The van der Waals surface area contributed by atoms with Crippen molar-refractivity contribution in [1.82, 2.24) is 15.0 Å². The smallest absolute Gasteiger partial charge is 0.227 e. The lowest BCUT2D eigenvalue weighted by molar-refractivity contribution is 0.415. The molecule has 5 nitrogen and oxygen atoms in total. The van der Waals surface area contributed by atoms with Crippen LogP contribution in [0.25, 0.3) is 11.1 Å². The molecule has 0 atom stereocenters. The summed E-state index contributed by atoms with van der Waals surface area (Å²) in [6.45, 7) is 0. The summed E-state index contributed by atoms with van der Waals surface area (Å²) in [6, 6.07) is 9.59. The Labute approximate surface area is 140 Å². The first-order chi connectivity index (χ1) is 11.8. The van der Waals surface area contributed by atoms with E-state index in [9.17, 15) is 0 Å². The maximum atomic E-state index is 5.96. The van der Waals surface area contributed by atoms with E-state index in [1.165, 1.54) is 12.8 Å². The maximum absolute atomic E-state index is 5.96. The van der Waals surface area contributed by atoms with Crippen molar-refractivity contribution in [3.05, 3.63) is 60.8 Å². The Morgan fingerprint density at radius 2 is 1.88 bits per heavy atom. The molecule has 0 saturated heterocycles. The lowest BCUT2D eigenvalue weighted by atomic mass is 10.1. The lowest BCUT2D eigenvalue weighted by Gasteiger charge is -2.12. The first-order valence-electron chi connectivity index (χ1n) is 7.92. The summed E-state index contributed by atoms with van der Waals surface area (Å²) in [6.07, 6.45) is 9.37. The van der Waals surface area contributed by atoms with Crippen LogP contribution in [0.15, 0.2) is 55.1 Å². The summed E-state index contributed by atoms with van der Waals surface area (Å²) in [5, 5.41) is 0. The Kier molecular flexibility index (Phi) is 3.83. The van der Waals surface area contributed by atoms with Crippen molar-refractivity contribution < 1.29 is 9.47 Å². The van der Waals surface area contributed by atoms with Crippen LogP contribution in [-0.4, -0.2) is 22.1 Å². The molecule has 5 heteroatoms. The summed E-state index contributed by atoms with van der Waals surface area (Å²) in [5.74, 6) is 2.53. The number of nitrogens with zero attached hydrogens (tertiary/aromatic N) is 3. The van der Waals surface area contributed by atoms with Gasteiger partial charge in [-0.05, 0) is 43.2 Å². The summed E-state index contributed by atoms with van der Waals surface area (Å²) >= 11 is 0. The maximum Gasteiger partial charge on any atom is 0.227 e. The van der Waals surface area contributed by atoms with Gasteiger partial charge in [-0.3, -0.25) is 9.97 Å². The number of hydrogen-bond donors (Lipinski definition) is 0. The van der Waals surface area contributed by atoms with Crippen LogP contribution in [0, 0.1) is 0 Å². The van der Waals surface area contributed by atoms with Gasteiger partial charge in [0.05, 0.1) is 13.3 Å². The van der Waals surface area contributed by atoms with E-state index < -0.39 is 0 Å². The molecule has 0 radical (unpaired) electrons. The molecule has 0 N–H and O–H groups in total. The number of ether oxygens (including phenoxy) is 2. The quantitative estimate of drug-likeness (QED) is 0.705. The molecule has 3 aromatic heterocycles. The zero-order valence-corrected chi connectivity index (χ0v) is 13.3. The Bertz CT molecular complexity index is 845. The Hall–Kier alpha value is -2.95. The van der Waals surface area contributed by atoms with Gasteiger partial charge < -0.3 is 9.47 Å². The van der Waals surface area contributed by atoms with Crippen molar-refractivity contribution in [2.24, 2.45) is 0 Å². The Morgan fingerprint density at radius 3 is 2.62 bits per heavy atom. The van der Waals surface area contributed by atoms with Gasteiger partial charge in [0.1, 0.15) is 11.5 Å². The zero-order chi connectivity index (χ0) is 16.4. The van der Waals surface area contributed by atoms with Crippen LogP contribution in [-0.2, 0) is 0 Å². The highest BCUT2D eigenvalue weighted by molar-refractivity contribution is 5.73. The molecule has 24 heavy (non-hydrogen) atoms. The highest BCUT2D eigenvalue weighted by Gasteiger charge is 2.24. The second-order valence-electron chi connectivity index (χ2n) is 5.73. The third kappa shape index (κ3) is 2.93. The van der Waals surface area contributed by atoms with Crippen LogP contribution in [0.5, 0.6) is 17.4 Å². The topological polar surface area (TPSA) is 57.1 Å². The summed E-state index contributed by atoms with van der Waals surface area (Å²) in [4.78, 5) is 13.0. The molecule has 0 spiro atoms. The van der Waals surface area contributed by atoms with Crippen LogP contribution in [0.3, 0.4) is 0 Å². The molecule has 0 aliphatic heterocycles. The van der Waals surface area contributed by atoms with Crippen molar-refractivity contribution in [3.8, 4) is 28.5 Å². The molecule has 1 fully saturated rings. The molecule has 0 amide bonds. The van der Waals surface area contributed by atoms with Gasteiger partial charge in [-0.2, -0.15) is 0 Å². The van der Waals surface area contributed by atoms with Crippen LogP contribution >= 0.6 is 0 Å². The monoisotopic (exact) mass is 319 g/mol. The molecule has 3 aromatic rings. The molecule has 0 unspecified atom stereocenters. The van der Waals surface area contributed by atoms with Gasteiger partial charge in [0, 0.05) is 41.3 Å². The molecule has 0 bridgehead atoms. The summed E-state index contributed by atoms with van der Waals surface area (Å²) < 4.78 is 11.4. The minimum absolute atomic E-state index is 0.504. The number of aromatic nitrogens is 3. The average molecular weight is 319 g/mol. The van der Waals surface area contributed by atoms with Crippen molar-refractivity contribution >= 4 is 0 Å². The molecule has 3 heterocycles. The summed E-state index contributed by atoms with van der Waals surface area (Å²) in [5.41, 5.74) is 2.80. The second kappa shape index (κ2) is 6.28. The fourth-order valence-electron chi connectivity index (χ4n) is 2.62. The van der Waals surface area contributed by atoms with E-state index in [1.54, 1.807) is 31.9 Å². The third-order valence-corrected chi connectivity index (χ3v) is 4.03. The zero-order valence-electron chi connectivity index (χ0n) is 13.3. The van der Waals surface area contributed by atoms with Crippen LogP contribution in [0.2, 0.25) is 0 Å². The van der Waals surface area contributed by atoms with E-state index >= 15 is 0 Å². The molecule has 1 aliphatic rings. The normalized spacial score (nSPS) is 13.5. The van der Waals surface area contributed by atoms with Crippen molar-refractivity contribution in [2.45, 2.75) is 18.8 Å². The molecule has 120 valence electrons. The lowest BCUT2D eigenvalue weighted by Crippen LogP contribution is -1.95. The van der Waals surface area contributed by atoms with E-state index in [1.807, 2.05) is 30.3 Å². The van der Waals surface area contributed by atoms with Gasteiger partial charge in [0.2, 0.25) is 5.88 Å². The molecule has 1 saturated carbocycles. The van der Waals surface area contributed by atoms with Gasteiger partial charge in [-0.15, -0.1) is 0 Å². The fourth-order valence-corrected chi connectivity index (χ4v) is 2.62. The first-order valence-corrected chi connectivity index (χ1v) is 7.92. The van der Waals surface area contributed by atoms with E-state index in [0.29, 0.717) is 17.5 Å². The van der Waals surface area contributed by atoms with Gasteiger partial charge >= 0.3 is 0 Å². The third-order valence-electron chi connectivity index (χ3n) is 4.03. The van der Waals surface area contributed by atoms with Crippen molar-refractivity contribution in [2.75, 3.05) is 7.11 Å². The van der Waals surface area contributed by atoms with Crippen molar-refractivity contribution in [1.29, 1.82) is 0 Å². The number of pyridine rings is 3. The van der Waals surface area contributed by atoms with E-state index in [2.05, 4.69) is 15.0 Å². The molecule has 4 rings (SSSR count). The van der Waals surface area contributed by atoms with E-state index in [-0.39, 0.29) is 0 Å².